The monoisotopic (exact) mass is 275 g/mol. The summed E-state index contributed by atoms with van der Waals surface area (Å²) in [5, 5.41) is 11.9. The minimum atomic E-state index is -0.745. The van der Waals surface area contributed by atoms with E-state index < -0.39 is 5.97 Å². The number of aryl methyl sites for hydroxylation is 1. The van der Waals surface area contributed by atoms with Gasteiger partial charge in [-0.15, -0.1) is 0 Å². The molecule has 2 N–H and O–H groups in total. The van der Waals surface area contributed by atoms with Gasteiger partial charge in [0.25, 0.3) is 0 Å². The number of hydrogen-bond acceptors (Lipinski definition) is 2. The van der Waals surface area contributed by atoms with E-state index in [0.717, 1.165) is 19.3 Å². The van der Waals surface area contributed by atoms with Gasteiger partial charge < -0.3 is 10.4 Å². The van der Waals surface area contributed by atoms with E-state index in [0.29, 0.717) is 19.3 Å². The molecule has 2 rings (SSSR count). The molecule has 0 bridgehead atoms. The van der Waals surface area contributed by atoms with Crippen molar-refractivity contribution in [1.82, 2.24) is 5.32 Å². The maximum atomic E-state index is 11.8. The number of amides is 1. The van der Waals surface area contributed by atoms with Crippen molar-refractivity contribution in [2.75, 3.05) is 0 Å². The highest BCUT2D eigenvalue weighted by Gasteiger charge is 2.30. The van der Waals surface area contributed by atoms with Crippen molar-refractivity contribution < 1.29 is 14.7 Å². The first-order chi connectivity index (χ1) is 9.65. The third-order valence-electron chi connectivity index (χ3n) is 3.86. The maximum Gasteiger partial charge on any atom is 0.306 e. The number of benzene rings is 1. The van der Waals surface area contributed by atoms with Gasteiger partial charge in [-0.3, -0.25) is 9.59 Å². The predicted molar refractivity (Wildman–Crippen MR) is 76.3 cm³/mol. The van der Waals surface area contributed by atoms with E-state index in [1.807, 2.05) is 18.2 Å². The fourth-order valence-electron chi connectivity index (χ4n) is 2.73. The number of carbonyl (C=O) groups excluding carboxylic acids is 1. The van der Waals surface area contributed by atoms with E-state index in [-0.39, 0.29) is 17.9 Å². The summed E-state index contributed by atoms with van der Waals surface area (Å²) in [7, 11) is 0. The van der Waals surface area contributed by atoms with Gasteiger partial charge >= 0.3 is 5.97 Å². The molecule has 1 fully saturated rings. The van der Waals surface area contributed by atoms with E-state index in [9.17, 15) is 9.59 Å². The molecule has 1 aromatic rings. The molecule has 108 valence electrons. The highest BCUT2D eigenvalue weighted by atomic mass is 16.4. The van der Waals surface area contributed by atoms with Crippen molar-refractivity contribution in [3.05, 3.63) is 35.9 Å². The van der Waals surface area contributed by atoms with Gasteiger partial charge in [0.1, 0.15) is 0 Å². The summed E-state index contributed by atoms with van der Waals surface area (Å²) in [6.07, 6.45) is 4.25. The number of nitrogens with one attached hydrogen (secondary N) is 1. The zero-order chi connectivity index (χ0) is 14.4. The van der Waals surface area contributed by atoms with Gasteiger partial charge in [-0.1, -0.05) is 30.3 Å². The van der Waals surface area contributed by atoms with Crippen LogP contribution in [0.5, 0.6) is 0 Å². The molecule has 4 nitrogen and oxygen atoms in total. The predicted octanol–water partition coefficient (Wildman–Crippen LogP) is 2.38. The average Bonchev–Trinajstić information content (AvgIpc) is 2.88. The molecular weight excluding hydrogens is 254 g/mol. The number of rotatable bonds is 6. The molecular formula is C16H21NO3. The zero-order valence-electron chi connectivity index (χ0n) is 11.5. The minimum absolute atomic E-state index is 0.0389. The molecule has 1 aliphatic rings. The first-order valence-corrected chi connectivity index (χ1v) is 7.21. The number of carboxylic acids is 1. The van der Waals surface area contributed by atoms with Crippen molar-refractivity contribution >= 4 is 11.9 Å². The maximum absolute atomic E-state index is 11.8. The molecule has 0 unspecified atom stereocenters. The SMILES string of the molecule is O=C(CCCc1ccccc1)N[C@@H]1CC[C@H](C(=O)O)C1. The number of carboxylic acid groups (broad SMARTS) is 1. The fourth-order valence-corrected chi connectivity index (χ4v) is 2.73. The van der Waals surface area contributed by atoms with Crippen LogP contribution in [0, 0.1) is 5.92 Å². The second-order valence-corrected chi connectivity index (χ2v) is 5.45. The second-order valence-electron chi connectivity index (χ2n) is 5.45. The number of hydrogen-bond donors (Lipinski definition) is 2. The van der Waals surface area contributed by atoms with Crippen LogP contribution in [0.15, 0.2) is 30.3 Å². The smallest absolute Gasteiger partial charge is 0.306 e. The van der Waals surface area contributed by atoms with E-state index >= 15 is 0 Å². The lowest BCUT2D eigenvalue weighted by Gasteiger charge is -2.12. The van der Waals surface area contributed by atoms with Gasteiger partial charge in [-0.2, -0.15) is 0 Å². The lowest BCUT2D eigenvalue weighted by molar-refractivity contribution is -0.141. The topological polar surface area (TPSA) is 66.4 Å². The Kier molecular flexibility index (Phi) is 5.16. The molecule has 0 aliphatic heterocycles. The van der Waals surface area contributed by atoms with Crippen LogP contribution >= 0.6 is 0 Å². The molecule has 1 amide bonds. The molecule has 0 spiro atoms. The Bertz CT molecular complexity index is 458. The summed E-state index contributed by atoms with van der Waals surface area (Å²) >= 11 is 0. The van der Waals surface area contributed by atoms with Crippen LogP contribution in [0.1, 0.15) is 37.7 Å². The Morgan fingerprint density at radius 1 is 1.20 bits per heavy atom. The number of aliphatic carboxylic acids is 1. The molecule has 1 aliphatic carbocycles. The second kappa shape index (κ2) is 7.08. The van der Waals surface area contributed by atoms with Crippen LogP contribution in [0.2, 0.25) is 0 Å². The van der Waals surface area contributed by atoms with Gasteiger partial charge in [-0.05, 0) is 37.7 Å². The van der Waals surface area contributed by atoms with Gasteiger partial charge in [0.05, 0.1) is 5.92 Å². The molecule has 0 radical (unpaired) electrons. The quantitative estimate of drug-likeness (QED) is 0.837. The van der Waals surface area contributed by atoms with Crippen molar-refractivity contribution in [3.8, 4) is 0 Å². The summed E-state index contributed by atoms with van der Waals surface area (Å²) in [6.45, 7) is 0. The molecule has 0 heterocycles. The van der Waals surface area contributed by atoms with E-state index in [1.54, 1.807) is 0 Å². The highest BCUT2D eigenvalue weighted by Crippen LogP contribution is 2.25. The van der Waals surface area contributed by atoms with Crippen LogP contribution in [-0.4, -0.2) is 23.0 Å². The lowest BCUT2D eigenvalue weighted by atomic mass is 10.1. The Morgan fingerprint density at radius 3 is 2.60 bits per heavy atom. The Hall–Kier alpha value is -1.84. The Morgan fingerprint density at radius 2 is 1.95 bits per heavy atom. The highest BCUT2D eigenvalue weighted by molar-refractivity contribution is 5.76. The van der Waals surface area contributed by atoms with Crippen molar-refractivity contribution in [1.29, 1.82) is 0 Å². The van der Waals surface area contributed by atoms with Crippen molar-refractivity contribution in [2.45, 2.75) is 44.6 Å². The zero-order valence-corrected chi connectivity index (χ0v) is 11.5. The third kappa shape index (κ3) is 4.37. The molecule has 2 atom stereocenters. The number of carbonyl (C=O) groups is 2. The molecule has 1 aromatic carbocycles. The van der Waals surface area contributed by atoms with E-state index in [2.05, 4.69) is 17.4 Å². The van der Waals surface area contributed by atoms with Gasteiger partial charge in [-0.25, -0.2) is 0 Å². The summed E-state index contributed by atoms with van der Waals surface area (Å²) in [4.78, 5) is 22.7. The van der Waals surface area contributed by atoms with Gasteiger partial charge in [0.2, 0.25) is 5.91 Å². The molecule has 4 heteroatoms. The van der Waals surface area contributed by atoms with Gasteiger partial charge in [0, 0.05) is 12.5 Å². The standard InChI is InChI=1S/C16H21NO3/c18-15(8-4-7-12-5-2-1-3-6-12)17-14-10-9-13(11-14)16(19)20/h1-3,5-6,13-14H,4,7-11H2,(H,17,18)(H,19,20)/t13-,14+/m0/s1. The van der Waals surface area contributed by atoms with Crippen molar-refractivity contribution in [3.63, 3.8) is 0 Å². The summed E-state index contributed by atoms with van der Waals surface area (Å²) in [5.41, 5.74) is 1.24. The van der Waals surface area contributed by atoms with Crippen molar-refractivity contribution in [2.24, 2.45) is 5.92 Å². The molecule has 0 saturated heterocycles. The largest absolute Gasteiger partial charge is 0.481 e. The first-order valence-electron chi connectivity index (χ1n) is 7.21. The molecule has 20 heavy (non-hydrogen) atoms. The Labute approximate surface area is 119 Å². The minimum Gasteiger partial charge on any atom is -0.481 e. The lowest BCUT2D eigenvalue weighted by Crippen LogP contribution is -2.33. The fraction of sp³-hybridized carbons (Fsp3) is 0.500. The van der Waals surface area contributed by atoms with Gasteiger partial charge in [0.15, 0.2) is 0 Å². The summed E-state index contributed by atoms with van der Waals surface area (Å²) in [6, 6.07) is 10.1. The van der Waals surface area contributed by atoms with E-state index in [4.69, 9.17) is 5.11 Å². The third-order valence-corrected chi connectivity index (χ3v) is 3.86. The average molecular weight is 275 g/mol. The molecule has 1 saturated carbocycles. The van der Waals surface area contributed by atoms with Crippen LogP contribution < -0.4 is 5.32 Å². The van der Waals surface area contributed by atoms with Crippen LogP contribution in [0.25, 0.3) is 0 Å². The molecule has 0 aromatic heterocycles. The summed E-state index contributed by atoms with van der Waals surface area (Å²) < 4.78 is 0. The van der Waals surface area contributed by atoms with E-state index in [1.165, 1.54) is 5.56 Å². The normalized spacial score (nSPS) is 21.6. The van der Waals surface area contributed by atoms with Crippen LogP contribution in [-0.2, 0) is 16.0 Å². The van der Waals surface area contributed by atoms with Crippen LogP contribution in [0.3, 0.4) is 0 Å². The first kappa shape index (κ1) is 14.6. The Balaban J connectivity index is 1.65. The van der Waals surface area contributed by atoms with Crippen LogP contribution in [0.4, 0.5) is 0 Å². The summed E-state index contributed by atoms with van der Waals surface area (Å²) in [5.74, 6) is -0.993.